The lowest BCUT2D eigenvalue weighted by Crippen LogP contribution is -2.52. The summed E-state index contributed by atoms with van der Waals surface area (Å²) in [5.74, 6) is 0.671. The Balaban J connectivity index is 2.08. The first-order valence-electron chi connectivity index (χ1n) is 8.28. The summed E-state index contributed by atoms with van der Waals surface area (Å²) in [6, 6.07) is 6.76. The summed E-state index contributed by atoms with van der Waals surface area (Å²) >= 11 is 0. The van der Waals surface area contributed by atoms with E-state index in [1.54, 1.807) is 0 Å². The standard InChI is InChI=1S/C19H30N2O/c1-13-6-7-15(8-14(13)2)9-16-10-17(20)12-21(11-16)18(22)19(3,4)5/h6-8,16-17H,9-12,20H2,1-5H3. The normalized spacial score (nSPS) is 22.7. The van der Waals surface area contributed by atoms with Gasteiger partial charge in [0.25, 0.3) is 0 Å². The van der Waals surface area contributed by atoms with Gasteiger partial charge >= 0.3 is 0 Å². The second-order valence-corrected chi connectivity index (χ2v) is 7.94. The maximum atomic E-state index is 12.5. The molecule has 3 nitrogen and oxygen atoms in total. The topological polar surface area (TPSA) is 46.3 Å². The molecular formula is C19H30N2O. The number of likely N-dealkylation sites (tertiary alicyclic amines) is 1. The molecule has 0 aliphatic carbocycles. The van der Waals surface area contributed by atoms with E-state index < -0.39 is 0 Å². The van der Waals surface area contributed by atoms with Crippen LogP contribution in [0.15, 0.2) is 18.2 Å². The van der Waals surface area contributed by atoms with Crippen molar-refractivity contribution in [3.05, 3.63) is 34.9 Å². The molecule has 2 atom stereocenters. The van der Waals surface area contributed by atoms with Crippen LogP contribution in [0.2, 0.25) is 0 Å². The molecule has 0 aromatic heterocycles. The molecule has 22 heavy (non-hydrogen) atoms. The highest BCUT2D eigenvalue weighted by atomic mass is 16.2. The van der Waals surface area contributed by atoms with Crippen LogP contribution in [0.25, 0.3) is 0 Å². The number of hydrogen-bond acceptors (Lipinski definition) is 2. The highest BCUT2D eigenvalue weighted by molar-refractivity contribution is 5.81. The van der Waals surface area contributed by atoms with Gasteiger partial charge in [0.05, 0.1) is 0 Å². The number of nitrogens with two attached hydrogens (primary N) is 1. The van der Waals surface area contributed by atoms with Crippen molar-refractivity contribution in [2.24, 2.45) is 17.1 Å². The molecule has 0 bridgehead atoms. The van der Waals surface area contributed by atoms with Gasteiger partial charge in [0.1, 0.15) is 0 Å². The molecule has 2 unspecified atom stereocenters. The minimum absolute atomic E-state index is 0.0941. The predicted molar refractivity (Wildman–Crippen MR) is 91.7 cm³/mol. The van der Waals surface area contributed by atoms with Gasteiger partial charge in [0.15, 0.2) is 0 Å². The molecule has 2 rings (SSSR count). The highest BCUT2D eigenvalue weighted by Gasteiger charge is 2.33. The lowest BCUT2D eigenvalue weighted by molar-refractivity contribution is -0.141. The number of rotatable bonds is 2. The summed E-state index contributed by atoms with van der Waals surface area (Å²) in [5, 5.41) is 0. The number of amides is 1. The zero-order valence-corrected chi connectivity index (χ0v) is 14.6. The van der Waals surface area contributed by atoms with E-state index >= 15 is 0 Å². The largest absolute Gasteiger partial charge is 0.340 e. The number of nitrogens with zero attached hydrogens (tertiary/aromatic N) is 1. The van der Waals surface area contributed by atoms with Crippen molar-refractivity contribution in [2.75, 3.05) is 13.1 Å². The molecule has 1 saturated heterocycles. The Hall–Kier alpha value is -1.35. The van der Waals surface area contributed by atoms with E-state index in [0.29, 0.717) is 12.5 Å². The number of piperidine rings is 1. The van der Waals surface area contributed by atoms with Crippen LogP contribution in [0.3, 0.4) is 0 Å². The Morgan fingerprint density at radius 1 is 1.23 bits per heavy atom. The van der Waals surface area contributed by atoms with Crippen molar-refractivity contribution in [1.29, 1.82) is 0 Å². The second-order valence-electron chi connectivity index (χ2n) is 7.94. The number of benzene rings is 1. The molecule has 1 amide bonds. The zero-order chi connectivity index (χ0) is 16.5. The van der Waals surface area contributed by atoms with Gasteiger partial charge in [0.2, 0.25) is 5.91 Å². The van der Waals surface area contributed by atoms with E-state index in [9.17, 15) is 4.79 Å². The third kappa shape index (κ3) is 4.10. The van der Waals surface area contributed by atoms with E-state index in [4.69, 9.17) is 5.73 Å². The minimum Gasteiger partial charge on any atom is -0.340 e. The van der Waals surface area contributed by atoms with E-state index in [2.05, 4.69) is 32.0 Å². The number of carbonyl (C=O) groups excluding carboxylic acids is 1. The van der Waals surface area contributed by atoms with Gasteiger partial charge < -0.3 is 10.6 Å². The Morgan fingerprint density at radius 2 is 1.91 bits per heavy atom. The summed E-state index contributed by atoms with van der Waals surface area (Å²) in [5.41, 5.74) is 9.89. The molecule has 0 spiro atoms. The summed E-state index contributed by atoms with van der Waals surface area (Å²) in [7, 11) is 0. The third-order valence-electron chi connectivity index (χ3n) is 4.59. The van der Waals surface area contributed by atoms with Gasteiger partial charge in [-0.15, -0.1) is 0 Å². The fourth-order valence-electron chi connectivity index (χ4n) is 3.30. The van der Waals surface area contributed by atoms with Crippen molar-refractivity contribution < 1.29 is 4.79 Å². The van der Waals surface area contributed by atoms with Crippen molar-refractivity contribution in [2.45, 2.75) is 53.5 Å². The molecule has 1 aromatic carbocycles. The SMILES string of the molecule is Cc1ccc(CC2CC(N)CN(C(=O)C(C)(C)C)C2)cc1C. The number of hydrogen-bond donors (Lipinski definition) is 1. The van der Waals surface area contributed by atoms with Crippen LogP contribution in [0.4, 0.5) is 0 Å². The maximum Gasteiger partial charge on any atom is 0.228 e. The lowest BCUT2D eigenvalue weighted by atomic mass is 9.86. The van der Waals surface area contributed by atoms with Crippen molar-refractivity contribution in [3.8, 4) is 0 Å². The first-order valence-corrected chi connectivity index (χ1v) is 8.28. The van der Waals surface area contributed by atoms with E-state index in [0.717, 1.165) is 19.4 Å². The van der Waals surface area contributed by atoms with E-state index in [1.807, 2.05) is 25.7 Å². The molecule has 122 valence electrons. The minimum atomic E-state index is -0.331. The Bertz CT molecular complexity index is 545. The molecule has 3 heteroatoms. The monoisotopic (exact) mass is 302 g/mol. The number of carbonyl (C=O) groups is 1. The quantitative estimate of drug-likeness (QED) is 0.912. The Morgan fingerprint density at radius 3 is 2.50 bits per heavy atom. The Kier molecular flexibility index (Phi) is 4.96. The van der Waals surface area contributed by atoms with Crippen LogP contribution >= 0.6 is 0 Å². The third-order valence-corrected chi connectivity index (χ3v) is 4.59. The molecule has 1 fully saturated rings. The van der Waals surface area contributed by atoms with Crippen molar-refractivity contribution in [3.63, 3.8) is 0 Å². The predicted octanol–water partition coefficient (Wildman–Crippen LogP) is 3.07. The molecule has 0 saturated carbocycles. The molecule has 1 aliphatic heterocycles. The first-order chi connectivity index (χ1) is 10.2. The van der Waals surface area contributed by atoms with Crippen molar-refractivity contribution >= 4 is 5.91 Å². The fourth-order valence-corrected chi connectivity index (χ4v) is 3.30. The zero-order valence-electron chi connectivity index (χ0n) is 14.6. The van der Waals surface area contributed by atoms with E-state index in [1.165, 1.54) is 16.7 Å². The maximum absolute atomic E-state index is 12.5. The average Bonchev–Trinajstić information content (AvgIpc) is 2.40. The van der Waals surface area contributed by atoms with Crippen LogP contribution in [0.5, 0.6) is 0 Å². The summed E-state index contributed by atoms with van der Waals surface area (Å²) in [6.07, 6.45) is 2.00. The fraction of sp³-hybridized carbons (Fsp3) is 0.632. The first kappa shape index (κ1) is 17.0. The van der Waals surface area contributed by atoms with Gasteiger partial charge in [-0.2, -0.15) is 0 Å². The van der Waals surface area contributed by atoms with Crippen LogP contribution in [0, 0.1) is 25.2 Å². The van der Waals surface area contributed by atoms with Gasteiger partial charge in [0, 0.05) is 24.5 Å². The molecule has 0 radical (unpaired) electrons. The van der Waals surface area contributed by atoms with Gasteiger partial charge in [-0.05, 0) is 49.3 Å². The van der Waals surface area contributed by atoms with Gasteiger partial charge in [-0.25, -0.2) is 0 Å². The molecule has 1 aliphatic rings. The average molecular weight is 302 g/mol. The molecule has 1 aromatic rings. The van der Waals surface area contributed by atoms with Crippen LogP contribution in [-0.4, -0.2) is 29.9 Å². The van der Waals surface area contributed by atoms with Crippen molar-refractivity contribution in [1.82, 2.24) is 4.90 Å². The van der Waals surface area contributed by atoms with Crippen LogP contribution in [-0.2, 0) is 11.2 Å². The molecule has 2 N–H and O–H groups in total. The summed E-state index contributed by atoms with van der Waals surface area (Å²) in [6.45, 7) is 11.8. The highest BCUT2D eigenvalue weighted by Crippen LogP contribution is 2.25. The summed E-state index contributed by atoms with van der Waals surface area (Å²) in [4.78, 5) is 14.5. The van der Waals surface area contributed by atoms with Gasteiger partial charge in [-0.1, -0.05) is 39.0 Å². The van der Waals surface area contributed by atoms with Gasteiger partial charge in [-0.3, -0.25) is 4.79 Å². The molecule has 1 heterocycles. The summed E-state index contributed by atoms with van der Waals surface area (Å²) < 4.78 is 0. The van der Waals surface area contributed by atoms with E-state index in [-0.39, 0.29) is 17.4 Å². The van der Waals surface area contributed by atoms with Crippen LogP contribution in [0.1, 0.15) is 43.9 Å². The Labute approximate surface area is 134 Å². The second kappa shape index (κ2) is 6.41. The smallest absolute Gasteiger partial charge is 0.228 e. The number of aryl methyl sites for hydroxylation is 2. The lowest BCUT2D eigenvalue weighted by Gasteiger charge is -2.39. The van der Waals surface area contributed by atoms with Crippen LogP contribution < -0.4 is 5.73 Å². The molecular weight excluding hydrogens is 272 g/mol.